The molecular weight excluding hydrogens is 232 g/mol. The normalized spacial score (nSPS) is 12.2. The number of aliphatic hydroxyl groups excluding tert-OH is 1. The fourth-order valence-corrected chi connectivity index (χ4v) is 1.74. The summed E-state index contributed by atoms with van der Waals surface area (Å²) in [5.41, 5.74) is 0.969. The third-order valence-corrected chi connectivity index (χ3v) is 2.70. The van der Waals surface area contributed by atoms with Crippen LogP contribution in [0.25, 0.3) is 0 Å². The Labute approximate surface area is 108 Å². The van der Waals surface area contributed by atoms with E-state index in [4.69, 9.17) is 4.42 Å². The third-order valence-electron chi connectivity index (χ3n) is 2.70. The van der Waals surface area contributed by atoms with Crippen molar-refractivity contribution < 1.29 is 14.3 Å². The maximum absolute atomic E-state index is 11.5. The number of aliphatic hydroxyl groups is 1. The van der Waals surface area contributed by atoms with Crippen LogP contribution in [0.2, 0.25) is 0 Å². The van der Waals surface area contributed by atoms with Gasteiger partial charge in [-0.05, 0) is 26.3 Å². The number of carbonyl (C=O) groups excluding carboxylic acids is 1. The highest BCUT2D eigenvalue weighted by molar-refractivity contribution is 5.73. The van der Waals surface area contributed by atoms with E-state index in [2.05, 4.69) is 10.6 Å². The van der Waals surface area contributed by atoms with Crippen LogP contribution in [0.15, 0.2) is 10.5 Å². The van der Waals surface area contributed by atoms with Crippen molar-refractivity contribution >= 4 is 6.03 Å². The largest absolute Gasteiger partial charge is 0.466 e. The molecule has 0 radical (unpaired) electrons. The molecular formula is C13H22N2O3. The standard InChI is InChI=1S/C13H22N2O3/c1-4-5-12(16)8-15-13(17)14-7-11-6-9(2)18-10(11)3/h6,12,16H,4-5,7-8H2,1-3H3,(H2,14,15,17). The first-order valence-electron chi connectivity index (χ1n) is 6.28. The van der Waals surface area contributed by atoms with Gasteiger partial charge in [0, 0.05) is 18.7 Å². The van der Waals surface area contributed by atoms with Gasteiger partial charge in [-0.15, -0.1) is 0 Å². The average Bonchev–Trinajstić information content (AvgIpc) is 2.63. The molecule has 1 unspecified atom stereocenters. The zero-order valence-electron chi connectivity index (χ0n) is 11.2. The molecule has 1 atom stereocenters. The molecule has 5 heteroatoms. The van der Waals surface area contributed by atoms with Crippen LogP contribution in [0.3, 0.4) is 0 Å². The molecule has 0 aromatic carbocycles. The van der Waals surface area contributed by atoms with Crippen molar-refractivity contribution in [3.8, 4) is 0 Å². The maximum atomic E-state index is 11.5. The number of hydrogen-bond donors (Lipinski definition) is 3. The van der Waals surface area contributed by atoms with Crippen molar-refractivity contribution in [3.05, 3.63) is 23.2 Å². The van der Waals surface area contributed by atoms with E-state index >= 15 is 0 Å². The minimum absolute atomic E-state index is 0.275. The fourth-order valence-electron chi connectivity index (χ4n) is 1.74. The minimum atomic E-state index is -0.473. The van der Waals surface area contributed by atoms with E-state index in [0.29, 0.717) is 13.0 Å². The predicted octanol–water partition coefficient (Wildman–Crippen LogP) is 1.86. The Morgan fingerprint density at radius 3 is 2.72 bits per heavy atom. The van der Waals surface area contributed by atoms with Gasteiger partial charge in [0.15, 0.2) is 0 Å². The van der Waals surface area contributed by atoms with Crippen LogP contribution in [0.1, 0.15) is 36.8 Å². The smallest absolute Gasteiger partial charge is 0.315 e. The van der Waals surface area contributed by atoms with Gasteiger partial charge >= 0.3 is 6.03 Å². The molecule has 0 saturated carbocycles. The number of aryl methyl sites for hydroxylation is 2. The number of urea groups is 1. The van der Waals surface area contributed by atoms with Crippen molar-refractivity contribution in [2.24, 2.45) is 0 Å². The van der Waals surface area contributed by atoms with E-state index in [1.54, 1.807) is 0 Å². The van der Waals surface area contributed by atoms with Gasteiger partial charge in [-0.2, -0.15) is 0 Å². The lowest BCUT2D eigenvalue weighted by atomic mass is 10.2. The summed E-state index contributed by atoms with van der Waals surface area (Å²) in [5.74, 6) is 1.65. The number of furan rings is 1. The van der Waals surface area contributed by atoms with Gasteiger partial charge in [0.05, 0.1) is 6.10 Å². The van der Waals surface area contributed by atoms with E-state index in [0.717, 1.165) is 23.5 Å². The van der Waals surface area contributed by atoms with Gasteiger partial charge in [-0.1, -0.05) is 13.3 Å². The average molecular weight is 254 g/mol. The summed E-state index contributed by atoms with van der Waals surface area (Å²) in [6.45, 7) is 6.44. The van der Waals surface area contributed by atoms with Crippen LogP contribution in [-0.2, 0) is 6.54 Å². The highest BCUT2D eigenvalue weighted by Gasteiger charge is 2.08. The summed E-state index contributed by atoms with van der Waals surface area (Å²) in [4.78, 5) is 11.5. The van der Waals surface area contributed by atoms with Gasteiger partial charge in [-0.3, -0.25) is 0 Å². The first-order chi connectivity index (χ1) is 8.52. The molecule has 102 valence electrons. The fraction of sp³-hybridized carbons (Fsp3) is 0.615. The summed E-state index contributed by atoms with van der Waals surface area (Å²) < 4.78 is 5.37. The van der Waals surface area contributed by atoms with Gasteiger partial charge < -0.3 is 20.2 Å². The van der Waals surface area contributed by atoms with Crippen LogP contribution in [0.5, 0.6) is 0 Å². The molecule has 5 nitrogen and oxygen atoms in total. The number of nitrogens with one attached hydrogen (secondary N) is 2. The van der Waals surface area contributed by atoms with E-state index in [-0.39, 0.29) is 12.6 Å². The number of rotatable bonds is 6. The van der Waals surface area contributed by atoms with E-state index in [9.17, 15) is 9.90 Å². The predicted molar refractivity (Wildman–Crippen MR) is 69.3 cm³/mol. The molecule has 0 saturated heterocycles. The molecule has 1 aromatic heterocycles. The lowest BCUT2D eigenvalue weighted by molar-refractivity contribution is 0.160. The second-order valence-corrected chi connectivity index (χ2v) is 4.44. The van der Waals surface area contributed by atoms with Crippen molar-refractivity contribution in [2.45, 2.75) is 46.3 Å². The molecule has 0 bridgehead atoms. The molecule has 1 heterocycles. The Balaban J connectivity index is 2.27. The molecule has 0 spiro atoms. The van der Waals surface area contributed by atoms with Crippen LogP contribution in [0.4, 0.5) is 4.79 Å². The SMILES string of the molecule is CCCC(O)CNC(=O)NCc1cc(C)oc1C. The highest BCUT2D eigenvalue weighted by atomic mass is 16.3. The Morgan fingerprint density at radius 1 is 1.44 bits per heavy atom. The second-order valence-electron chi connectivity index (χ2n) is 4.44. The second kappa shape index (κ2) is 7.06. The van der Waals surface area contributed by atoms with E-state index in [1.807, 2.05) is 26.8 Å². The summed E-state index contributed by atoms with van der Waals surface area (Å²) >= 11 is 0. The minimum Gasteiger partial charge on any atom is -0.466 e. The topological polar surface area (TPSA) is 74.5 Å². The summed E-state index contributed by atoms with van der Waals surface area (Å²) in [5, 5.41) is 14.8. The summed E-state index contributed by atoms with van der Waals surface area (Å²) in [7, 11) is 0. The van der Waals surface area contributed by atoms with Crippen molar-refractivity contribution in [3.63, 3.8) is 0 Å². The van der Waals surface area contributed by atoms with E-state index in [1.165, 1.54) is 0 Å². The number of amides is 2. The quantitative estimate of drug-likeness (QED) is 0.725. The molecule has 18 heavy (non-hydrogen) atoms. The molecule has 0 aliphatic carbocycles. The Hall–Kier alpha value is -1.49. The Morgan fingerprint density at radius 2 is 2.17 bits per heavy atom. The molecule has 1 rings (SSSR count). The van der Waals surface area contributed by atoms with E-state index < -0.39 is 6.10 Å². The lowest BCUT2D eigenvalue weighted by Gasteiger charge is -2.11. The maximum Gasteiger partial charge on any atom is 0.315 e. The van der Waals surface area contributed by atoms with Crippen LogP contribution >= 0.6 is 0 Å². The molecule has 0 fully saturated rings. The summed E-state index contributed by atoms with van der Waals surface area (Å²) in [6, 6.07) is 1.63. The first-order valence-corrected chi connectivity index (χ1v) is 6.28. The number of hydrogen-bond acceptors (Lipinski definition) is 3. The molecule has 1 aromatic rings. The first kappa shape index (κ1) is 14.6. The summed E-state index contributed by atoms with van der Waals surface area (Å²) in [6.07, 6.45) is 1.12. The highest BCUT2D eigenvalue weighted by Crippen LogP contribution is 2.12. The third kappa shape index (κ3) is 4.79. The van der Waals surface area contributed by atoms with Crippen molar-refractivity contribution in [1.82, 2.24) is 10.6 Å². The Kier molecular flexibility index (Phi) is 5.71. The van der Waals surface area contributed by atoms with Crippen LogP contribution < -0.4 is 10.6 Å². The van der Waals surface area contributed by atoms with Crippen LogP contribution in [0, 0.1) is 13.8 Å². The molecule has 3 N–H and O–H groups in total. The molecule has 2 amide bonds. The lowest BCUT2D eigenvalue weighted by Crippen LogP contribution is -2.39. The van der Waals surface area contributed by atoms with Gasteiger partial charge in [-0.25, -0.2) is 4.79 Å². The Bertz CT molecular complexity index is 388. The zero-order chi connectivity index (χ0) is 13.5. The van der Waals surface area contributed by atoms with Gasteiger partial charge in [0.1, 0.15) is 11.5 Å². The molecule has 0 aliphatic rings. The van der Waals surface area contributed by atoms with Gasteiger partial charge in [0.25, 0.3) is 0 Å². The zero-order valence-corrected chi connectivity index (χ0v) is 11.2. The van der Waals surface area contributed by atoms with Crippen molar-refractivity contribution in [1.29, 1.82) is 0 Å². The molecule has 0 aliphatic heterocycles. The van der Waals surface area contributed by atoms with Crippen LogP contribution in [-0.4, -0.2) is 23.8 Å². The van der Waals surface area contributed by atoms with Crippen molar-refractivity contribution in [2.75, 3.05) is 6.54 Å². The van der Waals surface area contributed by atoms with Gasteiger partial charge in [0.2, 0.25) is 0 Å². The monoisotopic (exact) mass is 254 g/mol. The number of carbonyl (C=O) groups is 1.